The van der Waals surface area contributed by atoms with E-state index in [0.717, 1.165) is 23.3 Å². The van der Waals surface area contributed by atoms with Crippen LogP contribution in [0.3, 0.4) is 0 Å². The molecular weight excluding hydrogens is 298 g/mol. The van der Waals surface area contributed by atoms with Gasteiger partial charge in [0, 0.05) is 17.5 Å². The fourth-order valence-corrected chi connectivity index (χ4v) is 2.84. The summed E-state index contributed by atoms with van der Waals surface area (Å²) in [5.41, 5.74) is 1.56. The molecular formula is C20H21N3O. The lowest BCUT2D eigenvalue weighted by molar-refractivity contribution is 0.0954. The van der Waals surface area contributed by atoms with Gasteiger partial charge in [0.25, 0.3) is 0 Å². The monoisotopic (exact) mass is 319 g/mol. The van der Waals surface area contributed by atoms with Crippen molar-refractivity contribution in [3.8, 4) is 0 Å². The summed E-state index contributed by atoms with van der Waals surface area (Å²) in [6.07, 6.45) is 0.664. The van der Waals surface area contributed by atoms with Gasteiger partial charge in [-0.1, -0.05) is 49.4 Å². The lowest BCUT2D eigenvalue weighted by Crippen LogP contribution is -2.16. The van der Waals surface area contributed by atoms with Gasteiger partial charge in [-0.2, -0.15) is 0 Å². The molecule has 0 amide bonds. The molecule has 1 atom stereocenters. The molecule has 1 N–H and O–H groups in total. The summed E-state index contributed by atoms with van der Waals surface area (Å²) in [6, 6.07) is 17.2. The number of para-hydroxylation sites is 1. The Balaban J connectivity index is 2.07. The number of carbonyl (C=O) groups is 1. The number of nitrogens with one attached hydrogen (secondary N) is 1. The van der Waals surface area contributed by atoms with Crippen molar-refractivity contribution in [2.75, 3.05) is 11.9 Å². The lowest BCUT2D eigenvalue weighted by atomic mass is 9.94. The Morgan fingerprint density at radius 2 is 1.71 bits per heavy atom. The molecule has 122 valence electrons. The Kier molecular flexibility index (Phi) is 4.85. The zero-order valence-corrected chi connectivity index (χ0v) is 14.0. The lowest BCUT2D eigenvalue weighted by Gasteiger charge is -2.15. The maximum absolute atomic E-state index is 12.9. The summed E-state index contributed by atoms with van der Waals surface area (Å²) in [7, 11) is 0. The fourth-order valence-electron chi connectivity index (χ4n) is 2.84. The average Bonchev–Trinajstić information content (AvgIpc) is 2.63. The number of nitrogens with zero attached hydrogens (tertiary/aromatic N) is 2. The summed E-state index contributed by atoms with van der Waals surface area (Å²) in [5.74, 6) is 1.10. The Morgan fingerprint density at radius 1 is 1.00 bits per heavy atom. The molecule has 0 bridgehead atoms. The summed E-state index contributed by atoms with van der Waals surface area (Å²) in [5, 5.41) is 4.26. The Labute approximate surface area is 142 Å². The van der Waals surface area contributed by atoms with E-state index < -0.39 is 0 Å². The van der Waals surface area contributed by atoms with Gasteiger partial charge in [0.15, 0.2) is 5.78 Å². The van der Waals surface area contributed by atoms with E-state index in [0.29, 0.717) is 17.8 Å². The predicted molar refractivity (Wildman–Crippen MR) is 97.5 cm³/mol. The molecule has 0 fully saturated rings. The average molecular weight is 319 g/mol. The molecule has 4 heteroatoms. The van der Waals surface area contributed by atoms with Crippen LogP contribution in [-0.2, 0) is 0 Å². The molecule has 0 aliphatic carbocycles. The summed E-state index contributed by atoms with van der Waals surface area (Å²) in [4.78, 5) is 22.2. The molecule has 4 nitrogen and oxygen atoms in total. The Bertz CT molecular complexity index is 846. The van der Waals surface area contributed by atoms with Gasteiger partial charge in [-0.15, -0.1) is 0 Å². The summed E-state index contributed by atoms with van der Waals surface area (Å²) < 4.78 is 0. The van der Waals surface area contributed by atoms with Gasteiger partial charge in [-0.05, 0) is 25.5 Å². The predicted octanol–water partition coefficient (Wildman–Crippen LogP) is 4.44. The first-order chi connectivity index (χ1) is 11.7. The number of benzene rings is 2. The van der Waals surface area contributed by atoms with E-state index in [1.54, 1.807) is 0 Å². The van der Waals surface area contributed by atoms with E-state index in [2.05, 4.69) is 15.3 Å². The van der Waals surface area contributed by atoms with Crippen molar-refractivity contribution in [2.45, 2.75) is 26.2 Å². The number of Topliss-reactive ketones (excluding diaryl/α,β-unsaturated/α-hetero) is 1. The number of hydrogen-bond donors (Lipinski definition) is 1. The molecule has 1 heterocycles. The van der Waals surface area contributed by atoms with Crippen molar-refractivity contribution in [1.29, 1.82) is 0 Å². The molecule has 24 heavy (non-hydrogen) atoms. The molecule has 3 rings (SSSR count). The molecule has 2 aromatic carbocycles. The minimum absolute atomic E-state index is 0.0656. The minimum Gasteiger partial charge on any atom is -0.370 e. The number of aromatic nitrogens is 2. The van der Waals surface area contributed by atoms with Crippen LogP contribution in [0.15, 0.2) is 54.6 Å². The van der Waals surface area contributed by atoms with Crippen LogP contribution in [0.2, 0.25) is 0 Å². The van der Waals surface area contributed by atoms with Crippen LogP contribution >= 0.6 is 0 Å². The third-order valence-electron chi connectivity index (χ3n) is 4.06. The highest BCUT2D eigenvalue weighted by atomic mass is 16.1. The molecule has 1 aromatic heterocycles. The Hall–Kier alpha value is -2.75. The second-order valence-corrected chi connectivity index (χ2v) is 5.67. The quantitative estimate of drug-likeness (QED) is 0.683. The van der Waals surface area contributed by atoms with E-state index in [4.69, 9.17) is 0 Å². The van der Waals surface area contributed by atoms with Gasteiger partial charge >= 0.3 is 0 Å². The zero-order valence-electron chi connectivity index (χ0n) is 14.0. The topological polar surface area (TPSA) is 54.9 Å². The van der Waals surface area contributed by atoms with E-state index >= 15 is 0 Å². The number of carbonyl (C=O) groups excluding carboxylic acids is 1. The van der Waals surface area contributed by atoms with E-state index in [9.17, 15) is 4.79 Å². The smallest absolute Gasteiger partial charge is 0.173 e. The van der Waals surface area contributed by atoms with Crippen molar-refractivity contribution in [3.05, 3.63) is 66.0 Å². The minimum atomic E-state index is -0.339. The van der Waals surface area contributed by atoms with Crippen molar-refractivity contribution >= 4 is 22.5 Å². The summed E-state index contributed by atoms with van der Waals surface area (Å²) >= 11 is 0. The number of ketones is 1. The number of hydrogen-bond acceptors (Lipinski definition) is 4. The van der Waals surface area contributed by atoms with Crippen LogP contribution in [0.4, 0.5) is 5.82 Å². The molecule has 1 unspecified atom stereocenters. The van der Waals surface area contributed by atoms with Crippen LogP contribution in [-0.4, -0.2) is 22.3 Å². The first kappa shape index (κ1) is 16.1. The third-order valence-corrected chi connectivity index (χ3v) is 4.06. The van der Waals surface area contributed by atoms with Crippen molar-refractivity contribution in [1.82, 2.24) is 9.97 Å². The largest absolute Gasteiger partial charge is 0.370 e. The summed E-state index contributed by atoms with van der Waals surface area (Å²) in [6.45, 7) is 4.80. The van der Waals surface area contributed by atoms with Crippen molar-refractivity contribution in [3.63, 3.8) is 0 Å². The van der Waals surface area contributed by atoms with E-state index in [1.165, 1.54) is 0 Å². The second kappa shape index (κ2) is 7.21. The van der Waals surface area contributed by atoms with Gasteiger partial charge in [0.05, 0.1) is 11.4 Å². The van der Waals surface area contributed by atoms with E-state index in [1.807, 2.05) is 68.4 Å². The fraction of sp³-hybridized carbons (Fsp3) is 0.250. The van der Waals surface area contributed by atoms with Crippen molar-refractivity contribution in [2.24, 2.45) is 0 Å². The van der Waals surface area contributed by atoms with Gasteiger partial charge in [0.1, 0.15) is 11.6 Å². The number of anilines is 1. The molecule has 0 spiro atoms. The first-order valence-corrected chi connectivity index (χ1v) is 8.34. The van der Waals surface area contributed by atoms with Crippen LogP contribution in [0.1, 0.15) is 42.4 Å². The molecule has 3 aromatic rings. The van der Waals surface area contributed by atoms with Gasteiger partial charge in [-0.25, -0.2) is 9.97 Å². The van der Waals surface area contributed by atoms with E-state index in [-0.39, 0.29) is 11.7 Å². The highest BCUT2D eigenvalue weighted by Crippen LogP contribution is 2.27. The van der Waals surface area contributed by atoms with Crippen LogP contribution in [0, 0.1) is 0 Å². The second-order valence-electron chi connectivity index (χ2n) is 5.67. The first-order valence-electron chi connectivity index (χ1n) is 8.34. The molecule has 0 radical (unpaired) electrons. The third kappa shape index (κ3) is 3.13. The maximum atomic E-state index is 12.9. The highest BCUT2D eigenvalue weighted by molar-refractivity contribution is 6.01. The molecule has 0 aliphatic heterocycles. The standard InChI is InChI=1S/C20H21N3O/c1-3-15(18(24)14-10-6-5-7-11-14)20-22-17-13-9-8-12-16(17)19(23-20)21-4-2/h5-13,15H,3-4H2,1-2H3,(H,21,22,23). The normalized spacial score (nSPS) is 12.1. The number of fused-ring (bicyclic) bond motifs is 1. The van der Waals surface area contributed by atoms with Crippen molar-refractivity contribution < 1.29 is 4.79 Å². The van der Waals surface area contributed by atoms with Crippen LogP contribution in [0.5, 0.6) is 0 Å². The van der Waals surface area contributed by atoms with Gasteiger partial charge in [-0.3, -0.25) is 4.79 Å². The van der Waals surface area contributed by atoms with Gasteiger partial charge < -0.3 is 5.32 Å². The van der Waals surface area contributed by atoms with Gasteiger partial charge in [0.2, 0.25) is 0 Å². The molecule has 0 saturated carbocycles. The Morgan fingerprint density at radius 3 is 2.42 bits per heavy atom. The highest BCUT2D eigenvalue weighted by Gasteiger charge is 2.24. The molecule has 0 aliphatic rings. The number of rotatable bonds is 6. The van der Waals surface area contributed by atoms with Crippen LogP contribution in [0.25, 0.3) is 10.9 Å². The molecule has 0 saturated heterocycles. The van der Waals surface area contributed by atoms with Crippen LogP contribution < -0.4 is 5.32 Å². The maximum Gasteiger partial charge on any atom is 0.173 e. The zero-order chi connectivity index (χ0) is 16.9. The SMILES string of the molecule is CCNc1nc(C(CC)C(=O)c2ccccc2)nc2ccccc12.